The maximum atomic E-state index is 8.28. The van der Waals surface area contributed by atoms with Crippen LogP contribution in [-0.4, -0.2) is 37.6 Å². The van der Waals surface area contributed by atoms with E-state index in [1.54, 1.807) is 0 Å². The van der Waals surface area contributed by atoms with Gasteiger partial charge in [0.1, 0.15) is 0 Å². The Morgan fingerprint density at radius 3 is 1.25 bits per heavy atom. The van der Waals surface area contributed by atoms with Gasteiger partial charge in [-0.2, -0.15) is 0 Å². The molecule has 0 aromatic carbocycles. The average molecular weight is 87.1 g/mol. The third-order valence-electron chi connectivity index (χ3n) is 0. The second-order valence-corrected chi connectivity index (χ2v) is 0. The standard InChI is InChI=1S/Al.Be.H2OSi.5H/c;;1-2;;;;;/h;;2H2;;;;;. The van der Waals surface area contributed by atoms with Gasteiger partial charge in [-0.25, -0.2) is 0 Å². The van der Waals surface area contributed by atoms with Crippen molar-refractivity contribution >= 4 is 37.6 Å². The van der Waals surface area contributed by atoms with E-state index in [2.05, 4.69) is 0 Å². The molecule has 0 radical (unpaired) electrons. The summed E-state index contributed by atoms with van der Waals surface area (Å²) in [5.41, 5.74) is 0. The van der Waals surface area contributed by atoms with Crippen LogP contribution in [0.4, 0.5) is 0 Å². The molecule has 0 spiro atoms. The Morgan fingerprint density at radius 1 is 1.25 bits per heavy atom. The van der Waals surface area contributed by atoms with Crippen molar-refractivity contribution in [2.45, 2.75) is 0 Å². The molecule has 0 aromatic rings. The first-order valence-corrected chi connectivity index (χ1v) is 0.866. The normalized spacial score (nSPS) is 1.00. The van der Waals surface area contributed by atoms with Gasteiger partial charge in [-0.1, -0.05) is 0 Å². The molecule has 0 N–H and O–H groups in total. The Morgan fingerprint density at radius 2 is 1.25 bits per heavy atom. The molecule has 0 amide bonds. The van der Waals surface area contributed by atoms with Gasteiger partial charge >= 0.3 is 10.1 Å². The molecule has 4 heavy (non-hydrogen) atoms. The molecule has 22 valence electrons. The molecule has 0 bridgehead atoms. The summed E-state index contributed by atoms with van der Waals surface area (Å²) >= 11 is 0. The van der Waals surface area contributed by atoms with Gasteiger partial charge in [-0.05, 0) is 0 Å². The molecule has 0 fully saturated rings. The van der Waals surface area contributed by atoms with Crippen LogP contribution >= 0.6 is 0 Å². The maximum absolute atomic E-state index is 8.28. The third kappa shape index (κ3) is 15.6. The zero-order chi connectivity index (χ0) is 2.00. The van der Waals surface area contributed by atoms with Crippen molar-refractivity contribution < 1.29 is 4.46 Å². The molecule has 1 nitrogen and oxygen atoms in total. The van der Waals surface area contributed by atoms with Crippen LogP contribution in [0, 0.1) is 0 Å². The molecule has 0 aromatic heterocycles. The Balaban J connectivity index is -0.00000000500. The minimum atomic E-state index is 0. The van der Waals surface area contributed by atoms with Gasteiger partial charge in [0, 0.05) is 0 Å². The molecule has 0 unspecified atom stereocenters. The first kappa shape index (κ1) is 22.1. The van der Waals surface area contributed by atoms with Crippen molar-refractivity contribution in [1.29, 1.82) is 0 Å². The number of hydrogen-bond donors (Lipinski definition) is 0. The number of rotatable bonds is 0. The van der Waals surface area contributed by atoms with Crippen molar-refractivity contribution in [3.05, 3.63) is 0 Å². The fourth-order valence-corrected chi connectivity index (χ4v) is 0. The van der Waals surface area contributed by atoms with Crippen molar-refractivity contribution in [3.63, 3.8) is 0 Å². The van der Waals surface area contributed by atoms with Gasteiger partial charge in [-0.3, -0.25) is 0 Å². The van der Waals surface area contributed by atoms with Crippen LogP contribution < -0.4 is 0 Å². The summed E-state index contributed by atoms with van der Waals surface area (Å²) < 4.78 is 8.28. The molecule has 0 aliphatic rings. The van der Waals surface area contributed by atoms with Crippen LogP contribution in [0.2, 0.25) is 0 Å². The second-order valence-electron chi connectivity index (χ2n) is 0. The molecule has 0 saturated carbocycles. The molecular weight excluding hydrogens is 80.1 g/mol. The van der Waals surface area contributed by atoms with E-state index in [0.717, 1.165) is 0 Å². The Labute approximate surface area is 42.6 Å². The van der Waals surface area contributed by atoms with Crippen LogP contribution in [-0.2, 0) is 4.46 Å². The van der Waals surface area contributed by atoms with E-state index < -0.39 is 0 Å². The van der Waals surface area contributed by atoms with Gasteiger partial charge in [0.05, 0.1) is 0 Å². The SMILES string of the molecule is O=[SiH2].[AlH3].[BeH2]. The monoisotopic (exact) mass is 87.0 g/mol. The van der Waals surface area contributed by atoms with Gasteiger partial charge in [0.15, 0.2) is 17.4 Å². The van der Waals surface area contributed by atoms with Crippen LogP contribution in [0.15, 0.2) is 0 Å². The van der Waals surface area contributed by atoms with Crippen LogP contribution in [0.1, 0.15) is 0 Å². The Hall–Kier alpha value is 0.718. The summed E-state index contributed by atoms with van der Waals surface area (Å²) in [5, 5.41) is 0. The van der Waals surface area contributed by atoms with Gasteiger partial charge < -0.3 is 4.46 Å². The molecular formula is H7AlBeOSi. The average Bonchev–Trinajstić information content (AvgIpc) is 1.00. The first-order valence-electron chi connectivity index (χ1n) is 0.289. The first-order chi connectivity index (χ1) is 1.00. The van der Waals surface area contributed by atoms with E-state index >= 15 is 0 Å². The topological polar surface area (TPSA) is 17.1 Å². The molecule has 4 heteroatoms. The molecule has 0 rings (SSSR count). The molecule has 0 aliphatic carbocycles. The summed E-state index contributed by atoms with van der Waals surface area (Å²) in [7, 11) is 0.611. The van der Waals surface area contributed by atoms with Gasteiger partial charge in [0.25, 0.3) is 0 Å². The fraction of sp³-hybridized carbons (Fsp3) is 0. The van der Waals surface area contributed by atoms with E-state index in [0.29, 0.717) is 10.1 Å². The number of hydrogen-bond acceptors (Lipinski definition) is 1. The summed E-state index contributed by atoms with van der Waals surface area (Å²) in [6.45, 7) is 0. The quantitative estimate of drug-likeness (QED) is 0.285. The zero-order valence-electron chi connectivity index (χ0n) is 1.12. The summed E-state index contributed by atoms with van der Waals surface area (Å²) in [6, 6.07) is 0. The fourth-order valence-electron chi connectivity index (χ4n) is 0. The minimum absolute atomic E-state index is 0. The van der Waals surface area contributed by atoms with Crippen LogP contribution in [0.3, 0.4) is 0 Å². The molecule has 0 aliphatic heterocycles. The van der Waals surface area contributed by atoms with E-state index in [9.17, 15) is 0 Å². The van der Waals surface area contributed by atoms with Gasteiger partial charge in [0.2, 0.25) is 10.1 Å². The van der Waals surface area contributed by atoms with E-state index in [1.807, 2.05) is 0 Å². The van der Waals surface area contributed by atoms with Crippen molar-refractivity contribution in [2.24, 2.45) is 0 Å². The van der Waals surface area contributed by atoms with Crippen molar-refractivity contribution in [2.75, 3.05) is 0 Å². The molecule has 0 saturated heterocycles. The van der Waals surface area contributed by atoms with Crippen LogP contribution in [0.25, 0.3) is 0 Å². The van der Waals surface area contributed by atoms with E-state index in [4.69, 9.17) is 4.46 Å². The Kier molecular flexibility index (Phi) is 294. The molecule has 0 heterocycles. The van der Waals surface area contributed by atoms with Crippen molar-refractivity contribution in [1.82, 2.24) is 0 Å². The summed E-state index contributed by atoms with van der Waals surface area (Å²) in [5.74, 6) is 0. The summed E-state index contributed by atoms with van der Waals surface area (Å²) in [4.78, 5) is 0. The van der Waals surface area contributed by atoms with E-state index in [1.165, 1.54) is 0 Å². The second kappa shape index (κ2) is 53.3. The third-order valence-corrected chi connectivity index (χ3v) is 0. The zero-order valence-corrected chi connectivity index (χ0v) is 2.53. The van der Waals surface area contributed by atoms with Gasteiger partial charge in [-0.15, -0.1) is 0 Å². The van der Waals surface area contributed by atoms with Crippen LogP contribution in [0.5, 0.6) is 0 Å². The predicted molar refractivity (Wildman–Crippen MR) is 27.7 cm³/mol. The Bertz CT molecular complexity index is 8.00. The van der Waals surface area contributed by atoms with E-state index in [-0.39, 0.29) is 27.5 Å². The summed E-state index contributed by atoms with van der Waals surface area (Å²) in [6.07, 6.45) is 0. The predicted octanol–water partition coefficient (Wildman–Crippen LogP) is -3.14. The van der Waals surface area contributed by atoms with Crippen molar-refractivity contribution in [3.8, 4) is 0 Å². The molecule has 0 atom stereocenters.